The lowest BCUT2D eigenvalue weighted by molar-refractivity contribution is 0.349. The van der Waals surface area contributed by atoms with Gasteiger partial charge < -0.3 is 0 Å². The van der Waals surface area contributed by atoms with Gasteiger partial charge >= 0.3 is 10.2 Å². The third kappa shape index (κ3) is 3.34. The smallest absolute Gasteiger partial charge is 0.269 e. The van der Waals surface area contributed by atoms with Gasteiger partial charge in [-0.3, -0.25) is 4.72 Å². The van der Waals surface area contributed by atoms with Crippen LogP contribution in [0, 0.1) is 0 Å². The van der Waals surface area contributed by atoms with E-state index in [0.717, 1.165) is 19.3 Å². The minimum Gasteiger partial charge on any atom is -0.269 e. The third-order valence-electron chi connectivity index (χ3n) is 2.70. The SMILES string of the molecule is O=S(=O)(Nc1cnc(Cl)c(Br)c1)N1CCCCC1. The van der Waals surface area contributed by atoms with E-state index in [1.54, 1.807) is 6.07 Å². The number of halogens is 2. The Morgan fingerprint density at radius 3 is 2.61 bits per heavy atom. The molecule has 1 aliphatic rings. The number of hydrogen-bond acceptors (Lipinski definition) is 3. The van der Waals surface area contributed by atoms with Crippen molar-refractivity contribution < 1.29 is 8.42 Å². The van der Waals surface area contributed by atoms with E-state index >= 15 is 0 Å². The van der Waals surface area contributed by atoms with E-state index in [2.05, 4.69) is 25.6 Å². The van der Waals surface area contributed by atoms with E-state index in [4.69, 9.17) is 11.6 Å². The van der Waals surface area contributed by atoms with Crippen molar-refractivity contribution in [2.45, 2.75) is 19.3 Å². The lowest BCUT2D eigenvalue weighted by Crippen LogP contribution is -2.39. The van der Waals surface area contributed by atoms with Crippen molar-refractivity contribution in [3.05, 3.63) is 21.9 Å². The van der Waals surface area contributed by atoms with Gasteiger partial charge in [0.1, 0.15) is 5.15 Å². The Kier molecular flexibility index (Phi) is 4.47. The van der Waals surface area contributed by atoms with E-state index in [9.17, 15) is 8.42 Å². The van der Waals surface area contributed by atoms with Gasteiger partial charge in [-0.25, -0.2) is 4.98 Å². The molecule has 18 heavy (non-hydrogen) atoms. The lowest BCUT2D eigenvalue weighted by atomic mass is 10.2. The summed E-state index contributed by atoms with van der Waals surface area (Å²) >= 11 is 8.96. The second-order valence-corrected chi connectivity index (χ2v) is 6.95. The Morgan fingerprint density at radius 2 is 2.00 bits per heavy atom. The molecule has 0 aromatic carbocycles. The molecule has 1 N–H and O–H groups in total. The number of rotatable bonds is 3. The summed E-state index contributed by atoms with van der Waals surface area (Å²) in [4.78, 5) is 3.88. The molecule has 1 aromatic heterocycles. The standard InChI is InChI=1S/C10H13BrClN3O2S/c11-9-6-8(7-13-10(9)12)14-18(16,17)15-4-2-1-3-5-15/h6-7,14H,1-5H2. The molecule has 100 valence electrons. The van der Waals surface area contributed by atoms with Crippen molar-refractivity contribution in [1.29, 1.82) is 0 Å². The molecule has 1 aromatic rings. The molecule has 2 heterocycles. The van der Waals surface area contributed by atoms with Gasteiger partial charge in [-0.2, -0.15) is 12.7 Å². The van der Waals surface area contributed by atoms with Crippen LogP contribution in [0.1, 0.15) is 19.3 Å². The fourth-order valence-electron chi connectivity index (χ4n) is 1.80. The van der Waals surface area contributed by atoms with Crippen molar-refractivity contribution in [3.63, 3.8) is 0 Å². The molecule has 2 rings (SSSR count). The van der Waals surface area contributed by atoms with E-state index in [1.807, 2.05) is 0 Å². The maximum Gasteiger partial charge on any atom is 0.301 e. The highest BCUT2D eigenvalue weighted by atomic mass is 79.9. The van der Waals surface area contributed by atoms with Crippen LogP contribution in [0.15, 0.2) is 16.7 Å². The zero-order valence-corrected chi connectivity index (χ0v) is 12.7. The fourth-order valence-corrected chi connectivity index (χ4v) is 3.53. The maximum absolute atomic E-state index is 12.1. The first-order valence-electron chi connectivity index (χ1n) is 5.58. The first-order valence-corrected chi connectivity index (χ1v) is 8.19. The van der Waals surface area contributed by atoms with Crippen molar-refractivity contribution in [2.24, 2.45) is 0 Å². The number of anilines is 1. The molecule has 0 atom stereocenters. The monoisotopic (exact) mass is 353 g/mol. The van der Waals surface area contributed by atoms with Gasteiger partial charge in [0.2, 0.25) is 0 Å². The third-order valence-corrected chi connectivity index (χ3v) is 5.37. The molecule has 0 bridgehead atoms. The van der Waals surface area contributed by atoms with Gasteiger partial charge in [0, 0.05) is 13.1 Å². The van der Waals surface area contributed by atoms with Crippen LogP contribution < -0.4 is 4.72 Å². The van der Waals surface area contributed by atoms with Gasteiger partial charge in [-0.05, 0) is 34.8 Å². The Bertz CT molecular complexity index is 532. The largest absolute Gasteiger partial charge is 0.301 e. The molecular weight excluding hydrogens is 342 g/mol. The van der Waals surface area contributed by atoms with Gasteiger partial charge in [0.15, 0.2) is 0 Å². The van der Waals surface area contributed by atoms with Crippen molar-refractivity contribution in [2.75, 3.05) is 17.8 Å². The first kappa shape index (κ1) is 14.0. The summed E-state index contributed by atoms with van der Waals surface area (Å²) in [6.45, 7) is 1.13. The molecule has 1 aliphatic heterocycles. The van der Waals surface area contributed by atoms with Crippen LogP contribution in [0.2, 0.25) is 5.15 Å². The zero-order valence-electron chi connectivity index (χ0n) is 9.57. The highest BCUT2D eigenvalue weighted by Crippen LogP contribution is 2.24. The molecule has 0 amide bonds. The minimum absolute atomic E-state index is 0.302. The minimum atomic E-state index is -3.49. The molecule has 8 heteroatoms. The molecule has 0 saturated carbocycles. The average Bonchev–Trinajstić information content (AvgIpc) is 2.35. The van der Waals surface area contributed by atoms with Crippen molar-refractivity contribution in [1.82, 2.24) is 9.29 Å². The normalized spacial score (nSPS) is 17.7. The molecular formula is C10H13BrClN3O2S. The highest BCUT2D eigenvalue weighted by Gasteiger charge is 2.23. The first-order chi connectivity index (χ1) is 8.49. The molecule has 5 nitrogen and oxygen atoms in total. The number of nitrogens with zero attached hydrogens (tertiary/aromatic N) is 2. The Balaban J connectivity index is 2.13. The van der Waals surface area contributed by atoms with Gasteiger partial charge in [-0.15, -0.1) is 0 Å². The second kappa shape index (κ2) is 5.73. The van der Waals surface area contributed by atoms with Gasteiger partial charge in [0.05, 0.1) is 16.4 Å². The zero-order chi connectivity index (χ0) is 13.2. The quantitative estimate of drug-likeness (QED) is 0.849. The van der Waals surface area contributed by atoms with Crippen LogP contribution in [-0.4, -0.2) is 30.8 Å². The van der Waals surface area contributed by atoms with E-state index in [-0.39, 0.29) is 0 Å². The van der Waals surface area contributed by atoms with E-state index in [0.29, 0.717) is 28.4 Å². The number of hydrogen-bond donors (Lipinski definition) is 1. The van der Waals surface area contributed by atoms with Crippen LogP contribution in [0.4, 0.5) is 5.69 Å². The molecule has 0 spiro atoms. The summed E-state index contributed by atoms with van der Waals surface area (Å²) in [7, 11) is -3.49. The predicted octanol–water partition coefficient (Wildman–Crippen LogP) is 2.64. The topological polar surface area (TPSA) is 62.3 Å². The summed E-state index contributed by atoms with van der Waals surface area (Å²) in [6, 6.07) is 1.59. The second-order valence-electron chi connectivity index (χ2n) is 4.06. The average molecular weight is 355 g/mol. The Hall–Kier alpha value is -0.370. The molecule has 0 aliphatic carbocycles. The van der Waals surface area contributed by atoms with Crippen molar-refractivity contribution in [3.8, 4) is 0 Å². The van der Waals surface area contributed by atoms with Crippen LogP contribution in [0.25, 0.3) is 0 Å². The molecule has 1 fully saturated rings. The molecule has 1 saturated heterocycles. The Labute approximate surface area is 120 Å². The van der Waals surface area contributed by atoms with Crippen molar-refractivity contribution >= 4 is 43.4 Å². The lowest BCUT2D eigenvalue weighted by Gasteiger charge is -2.26. The van der Waals surface area contributed by atoms with Gasteiger partial charge in [0.25, 0.3) is 0 Å². The summed E-state index contributed by atoms with van der Waals surface area (Å²) in [5, 5.41) is 0.302. The van der Waals surface area contributed by atoms with E-state index in [1.165, 1.54) is 10.5 Å². The molecule has 0 unspecified atom stereocenters. The number of aromatic nitrogens is 1. The van der Waals surface area contributed by atoms with Crippen LogP contribution in [-0.2, 0) is 10.2 Å². The number of piperidine rings is 1. The Morgan fingerprint density at radius 1 is 1.33 bits per heavy atom. The summed E-state index contributed by atoms with van der Waals surface area (Å²) in [5.41, 5.74) is 0.400. The number of pyridine rings is 1. The summed E-state index contributed by atoms with van der Waals surface area (Å²) in [6.07, 6.45) is 4.29. The summed E-state index contributed by atoms with van der Waals surface area (Å²) in [5.74, 6) is 0. The van der Waals surface area contributed by atoms with Crippen LogP contribution in [0.5, 0.6) is 0 Å². The summed E-state index contributed by atoms with van der Waals surface area (Å²) < 4.78 is 28.7. The maximum atomic E-state index is 12.1. The molecule has 0 radical (unpaired) electrons. The highest BCUT2D eigenvalue weighted by molar-refractivity contribution is 9.10. The predicted molar refractivity (Wildman–Crippen MR) is 74.9 cm³/mol. The van der Waals surface area contributed by atoms with Crippen LogP contribution >= 0.6 is 27.5 Å². The van der Waals surface area contributed by atoms with E-state index < -0.39 is 10.2 Å². The number of nitrogens with one attached hydrogen (secondary N) is 1. The van der Waals surface area contributed by atoms with Gasteiger partial charge in [-0.1, -0.05) is 18.0 Å². The fraction of sp³-hybridized carbons (Fsp3) is 0.500. The van der Waals surface area contributed by atoms with Crippen LogP contribution in [0.3, 0.4) is 0 Å².